The van der Waals surface area contributed by atoms with Crippen LogP contribution >= 0.6 is 0 Å². The molecule has 0 spiro atoms. The molecule has 2 heteroatoms. The van der Waals surface area contributed by atoms with Crippen molar-refractivity contribution in [1.29, 1.82) is 0 Å². The van der Waals surface area contributed by atoms with E-state index in [-0.39, 0.29) is 5.92 Å². The Morgan fingerprint density at radius 1 is 1.17 bits per heavy atom. The summed E-state index contributed by atoms with van der Waals surface area (Å²) in [5.41, 5.74) is 2.41. The van der Waals surface area contributed by atoms with Gasteiger partial charge in [-0.1, -0.05) is 98.7 Å². The lowest BCUT2D eigenvalue weighted by atomic mass is 9.49. The van der Waals surface area contributed by atoms with Crippen LogP contribution in [0.1, 0.15) is 53.0 Å². The zero-order valence-electron chi connectivity index (χ0n) is 18.4. The standard InChI is InChI=1S/C27H34O2/c1-6-22-17-19(3)23-20(4)18-27(7-2,26(5,24(22)23)25(28)29)16-12-11-15-21-13-9-8-10-14-21/h8-19,23-24H,6-7H2,1-5H3,(H,28,29)/t19-,23-,24+,26+,27+/m1/s1. The summed E-state index contributed by atoms with van der Waals surface area (Å²) in [4.78, 5) is 12.8. The molecule has 0 saturated heterocycles. The average molecular weight is 391 g/mol. The number of carboxylic acid groups (broad SMARTS) is 1. The van der Waals surface area contributed by atoms with Crippen LogP contribution in [0.4, 0.5) is 0 Å². The summed E-state index contributed by atoms with van der Waals surface area (Å²) >= 11 is 0. The van der Waals surface area contributed by atoms with Crippen molar-refractivity contribution in [2.75, 3.05) is 0 Å². The lowest BCUT2D eigenvalue weighted by Gasteiger charge is -2.53. The molecule has 0 aromatic heterocycles. The molecule has 0 bridgehead atoms. The molecule has 0 aliphatic heterocycles. The largest absolute Gasteiger partial charge is 0.481 e. The smallest absolute Gasteiger partial charge is 0.311 e. The lowest BCUT2D eigenvalue weighted by molar-refractivity contribution is -0.159. The molecule has 2 aliphatic rings. The zero-order valence-corrected chi connectivity index (χ0v) is 18.4. The van der Waals surface area contributed by atoms with E-state index in [4.69, 9.17) is 0 Å². The summed E-state index contributed by atoms with van der Waals surface area (Å²) in [6, 6.07) is 10.2. The van der Waals surface area contributed by atoms with Gasteiger partial charge in [-0.05, 0) is 44.1 Å². The van der Waals surface area contributed by atoms with E-state index in [1.165, 1.54) is 11.1 Å². The van der Waals surface area contributed by atoms with Gasteiger partial charge in [0.2, 0.25) is 0 Å². The van der Waals surface area contributed by atoms with Crippen LogP contribution in [0.25, 0.3) is 6.08 Å². The van der Waals surface area contributed by atoms with Crippen LogP contribution in [0.2, 0.25) is 0 Å². The molecule has 3 rings (SSSR count). The maximum absolute atomic E-state index is 12.8. The van der Waals surface area contributed by atoms with E-state index in [1.54, 1.807) is 0 Å². The van der Waals surface area contributed by atoms with Gasteiger partial charge in [0.15, 0.2) is 0 Å². The van der Waals surface area contributed by atoms with Gasteiger partial charge in [0.05, 0.1) is 5.41 Å². The van der Waals surface area contributed by atoms with Gasteiger partial charge in [-0.3, -0.25) is 4.79 Å². The SMILES string of the molecule is CCC1=C[C@@H](C)[C@@H]2C(C)=C[C@@](C=CC=Cc3ccccc3)(CC)[C@](C)(C(=O)O)[C@@H]12. The van der Waals surface area contributed by atoms with Crippen LogP contribution in [0.15, 0.2) is 71.9 Å². The normalized spacial score (nSPS) is 34.3. The first-order chi connectivity index (χ1) is 13.8. The monoisotopic (exact) mass is 390 g/mol. The molecule has 5 atom stereocenters. The third kappa shape index (κ3) is 3.43. The molecule has 1 N–H and O–H groups in total. The predicted molar refractivity (Wildman–Crippen MR) is 121 cm³/mol. The van der Waals surface area contributed by atoms with E-state index < -0.39 is 16.8 Å². The van der Waals surface area contributed by atoms with Gasteiger partial charge in [-0.25, -0.2) is 0 Å². The van der Waals surface area contributed by atoms with Crippen molar-refractivity contribution in [1.82, 2.24) is 0 Å². The number of allylic oxidation sites excluding steroid dienone is 7. The fraction of sp³-hybridized carbons (Fsp3) is 0.444. The molecule has 0 fully saturated rings. The van der Waals surface area contributed by atoms with Crippen LogP contribution in [0, 0.1) is 28.6 Å². The quantitative estimate of drug-likeness (QED) is 0.423. The lowest BCUT2D eigenvalue weighted by Crippen LogP contribution is -2.54. The minimum Gasteiger partial charge on any atom is -0.481 e. The maximum Gasteiger partial charge on any atom is 0.311 e. The molecule has 0 heterocycles. The highest BCUT2D eigenvalue weighted by atomic mass is 16.4. The van der Waals surface area contributed by atoms with Crippen LogP contribution in [0.5, 0.6) is 0 Å². The van der Waals surface area contributed by atoms with E-state index in [2.05, 4.69) is 64.1 Å². The van der Waals surface area contributed by atoms with Gasteiger partial charge in [-0.2, -0.15) is 0 Å². The molecule has 1 aromatic carbocycles. The molecule has 29 heavy (non-hydrogen) atoms. The topological polar surface area (TPSA) is 37.3 Å². The Labute approximate surface area is 175 Å². The van der Waals surface area contributed by atoms with E-state index in [1.807, 2.05) is 37.3 Å². The summed E-state index contributed by atoms with van der Waals surface area (Å²) in [6.07, 6.45) is 14.5. The number of carbonyl (C=O) groups is 1. The van der Waals surface area contributed by atoms with Crippen molar-refractivity contribution in [2.24, 2.45) is 28.6 Å². The first-order valence-electron chi connectivity index (χ1n) is 10.8. The summed E-state index contributed by atoms with van der Waals surface area (Å²) in [5.74, 6) is 0.0385. The molecule has 0 unspecified atom stereocenters. The Hall–Kier alpha value is -2.35. The molecule has 2 aliphatic carbocycles. The molecule has 154 valence electrons. The second kappa shape index (κ2) is 8.18. The van der Waals surface area contributed by atoms with Gasteiger partial charge in [0.1, 0.15) is 0 Å². The molecular formula is C27H34O2. The first kappa shape index (κ1) is 21.4. The van der Waals surface area contributed by atoms with Crippen molar-refractivity contribution in [3.63, 3.8) is 0 Å². The third-order valence-corrected chi connectivity index (χ3v) is 7.43. The maximum atomic E-state index is 12.8. The minimum absolute atomic E-state index is 0.0488. The van der Waals surface area contributed by atoms with Gasteiger partial charge in [0, 0.05) is 11.3 Å². The number of hydrogen-bond donors (Lipinski definition) is 1. The van der Waals surface area contributed by atoms with Crippen molar-refractivity contribution in [2.45, 2.75) is 47.5 Å². The fourth-order valence-electron chi connectivity index (χ4n) is 5.86. The summed E-state index contributed by atoms with van der Waals surface area (Å²) in [5, 5.41) is 10.5. The van der Waals surface area contributed by atoms with Gasteiger partial charge in [-0.15, -0.1) is 0 Å². The first-order valence-corrected chi connectivity index (χ1v) is 10.8. The van der Waals surface area contributed by atoms with Crippen molar-refractivity contribution in [3.05, 3.63) is 77.4 Å². The van der Waals surface area contributed by atoms with Crippen LogP contribution < -0.4 is 0 Å². The molecule has 0 amide bonds. The summed E-state index contributed by atoms with van der Waals surface area (Å²) in [7, 11) is 0. The summed E-state index contributed by atoms with van der Waals surface area (Å²) < 4.78 is 0. The van der Waals surface area contributed by atoms with Crippen LogP contribution in [-0.4, -0.2) is 11.1 Å². The minimum atomic E-state index is -0.865. The van der Waals surface area contributed by atoms with Gasteiger partial charge < -0.3 is 5.11 Å². The summed E-state index contributed by atoms with van der Waals surface area (Å²) in [6.45, 7) is 10.7. The number of rotatable bonds is 6. The van der Waals surface area contributed by atoms with Gasteiger partial charge >= 0.3 is 5.97 Å². The molecule has 1 aromatic rings. The number of fused-ring (bicyclic) bond motifs is 1. The Kier molecular flexibility index (Phi) is 6.03. The highest BCUT2D eigenvalue weighted by Gasteiger charge is 2.61. The Balaban J connectivity index is 2.07. The average Bonchev–Trinajstić information content (AvgIpc) is 3.06. The van der Waals surface area contributed by atoms with E-state index in [9.17, 15) is 9.90 Å². The van der Waals surface area contributed by atoms with E-state index in [0.717, 1.165) is 18.4 Å². The predicted octanol–water partition coefficient (Wildman–Crippen LogP) is 6.92. The van der Waals surface area contributed by atoms with Crippen molar-refractivity contribution >= 4 is 12.0 Å². The van der Waals surface area contributed by atoms with Crippen molar-refractivity contribution < 1.29 is 9.90 Å². The van der Waals surface area contributed by atoms with E-state index >= 15 is 0 Å². The molecule has 0 saturated carbocycles. The molecule has 0 radical (unpaired) electrons. The highest BCUT2D eigenvalue weighted by molar-refractivity contribution is 5.79. The Morgan fingerprint density at radius 2 is 1.86 bits per heavy atom. The Bertz CT molecular complexity index is 873. The highest BCUT2D eigenvalue weighted by Crippen LogP contribution is 2.63. The fourth-order valence-corrected chi connectivity index (χ4v) is 5.86. The number of carboxylic acids is 1. The molecule has 2 nitrogen and oxygen atoms in total. The van der Waals surface area contributed by atoms with Crippen molar-refractivity contribution in [3.8, 4) is 0 Å². The third-order valence-electron chi connectivity index (χ3n) is 7.43. The Morgan fingerprint density at radius 3 is 2.45 bits per heavy atom. The zero-order chi connectivity index (χ0) is 21.2. The second-order valence-corrected chi connectivity index (χ2v) is 8.88. The van der Waals surface area contributed by atoms with E-state index in [0.29, 0.717) is 11.8 Å². The second-order valence-electron chi connectivity index (χ2n) is 8.88. The number of hydrogen-bond acceptors (Lipinski definition) is 1. The van der Waals surface area contributed by atoms with Crippen LogP contribution in [-0.2, 0) is 4.79 Å². The molecular weight excluding hydrogens is 356 g/mol. The number of aliphatic carboxylic acids is 1. The van der Waals surface area contributed by atoms with Crippen LogP contribution in [0.3, 0.4) is 0 Å². The number of benzene rings is 1. The van der Waals surface area contributed by atoms with Gasteiger partial charge in [0.25, 0.3) is 0 Å².